The zero-order valence-corrected chi connectivity index (χ0v) is 7.59. The van der Waals surface area contributed by atoms with Crippen molar-refractivity contribution in [2.75, 3.05) is 0 Å². The van der Waals surface area contributed by atoms with Crippen LogP contribution in [-0.4, -0.2) is 5.91 Å². The van der Waals surface area contributed by atoms with Crippen LogP contribution in [0.4, 0.5) is 0 Å². The maximum Gasteiger partial charge on any atom is 0.254 e. The van der Waals surface area contributed by atoms with Gasteiger partial charge in [0.05, 0.1) is 4.91 Å². The third-order valence-corrected chi connectivity index (χ3v) is 1.36. The van der Waals surface area contributed by atoms with Crippen molar-refractivity contribution in [3.63, 3.8) is 0 Å². The van der Waals surface area contributed by atoms with Gasteiger partial charge in [-0.25, -0.2) is 0 Å². The molecule has 9 heavy (non-hydrogen) atoms. The zero-order chi connectivity index (χ0) is 7.28. The molecule has 2 N–H and O–H groups in total. The molecule has 0 heterocycles. The van der Waals surface area contributed by atoms with Crippen LogP contribution in [0, 0.1) is 0 Å². The summed E-state index contributed by atoms with van der Waals surface area (Å²) in [6, 6.07) is 0. The Balaban J connectivity index is 4.00. The molecule has 0 atom stereocenters. The van der Waals surface area contributed by atoms with Crippen molar-refractivity contribution >= 4 is 41.1 Å². The highest BCUT2D eigenvalue weighted by Crippen LogP contribution is 1.98. The molecule has 0 aromatic rings. The topological polar surface area (TPSA) is 43.1 Å². The fourth-order valence-corrected chi connectivity index (χ4v) is 0.503. The lowest BCUT2D eigenvalue weighted by atomic mass is 10.5. The van der Waals surface area contributed by atoms with Gasteiger partial charge in [-0.1, -0.05) is 28.7 Å². The van der Waals surface area contributed by atoms with Crippen molar-refractivity contribution in [1.29, 1.82) is 0 Å². The van der Waals surface area contributed by atoms with E-state index in [-0.39, 0.29) is 4.91 Å². The Morgan fingerprint density at radius 2 is 2.22 bits per heavy atom. The molecule has 0 aliphatic heterocycles. The van der Waals surface area contributed by atoms with Gasteiger partial charge in [-0.3, -0.25) is 4.79 Å². The molecule has 2 nitrogen and oxygen atoms in total. The SMILES string of the molecule is NC(=O)/C(S)=C\C=C/I. The first-order chi connectivity index (χ1) is 4.18. The highest BCUT2D eigenvalue weighted by atomic mass is 127. The lowest BCUT2D eigenvalue weighted by Gasteiger charge is -1.85. The Morgan fingerprint density at radius 3 is 2.56 bits per heavy atom. The van der Waals surface area contributed by atoms with Crippen molar-refractivity contribution in [3.8, 4) is 0 Å². The van der Waals surface area contributed by atoms with E-state index in [0.717, 1.165) is 0 Å². The smallest absolute Gasteiger partial charge is 0.254 e. The van der Waals surface area contributed by atoms with E-state index in [9.17, 15) is 4.79 Å². The molecule has 0 radical (unpaired) electrons. The summed E-state index contributed by atoms with van der Waals surface area (Å²) in [6.45, 7) is 0. The number of allylic oxidation sites excluding steroid dienone is 2. The number of thiol groups is 1. The summed E-state index contributed by atoms with van der Waals surface area (Å²) in [5.41, 5.74) is 4.86. The number of hydrogen-bond donors (Lipinski definition) is 2. The second-order valence-electron chi connectivity index (χ2n) is 1.23. The normalized spacial score (nSPS) is 12.4. The predicted octanol–water partition coefficient (Wildman–Crippen LogP) is 1.23. The molecule has 0 bridgehead atoms. The molecule has 0 rings (SSSR count). The van der Waals surface area contributed by atoms with Gasteiger partial charge in [-0.15, -0.1) is 12.6 Å². The summed E-state index contributed by atoms with van der Waals surface area (Å²) in [5, 5.41) is 0. The number of carbonyl (C=O) groups excluding carboxylic acids is 1. The molecule has 0 aliphatic rings. The third kappa shape index (κ3) is 4.53. The van der Waals surface area contributed by atoms with Crippen LogP contribution in [0.25, 0.3) is 0 Å². The van der Waals surface area contributed by atoms with Crippen LogP contribution in [0.3, 0.4) is 0 Å². The summed E-state index contributed by atoms with van der Waals surface area (Å²) in [6.07, 6.45) is 3.23. The number of carbonyl (C=O) groups is 1. The number of primary amides is 1. The van der Waals surface area contributed by atoms with Crippen LogP contribution in [-0.2, 0) is 4.79 Å². The summed E-state index contributed by atoms with van der Waals surface area (Å²) in [5.74, 6) is -0.507. The molecule has 0 saturated carbocycles. The number of nitrogens with two attached hydrogens (primary N) is 1. The molecule has 1 amide bonds. The number of halogens is 1. The van der Waals surface area contributed by atoms with Gasteiger partial charge in [0.15, 0.2) is 0 Å². The lowest BCUT2D eigenvalue weighted by Crippen LogP contribution is -2.09. The first-order valence-corrected chi connectivity index (χ1v) is 3.83. The van der Waals surface area contributed by atoms with Crippen LogP contribution < -0.4 is 5.73 Å². The minimum absolute atomic E-state index is 0.267. The van der Waals surface area contributed by atoms with Crippen molar-refractivity contribution in [2.45, 2.75) is 0 Å². The maximum atomic E-state index is 10.2. The van der Waals surface area contributed by atoms with Crippen LogP contribution in [0.1, 0.15) is 0 Å². The fraction of sp³-hybridized carbons (Fsp3) is 0. The van der Waals surface area contributed by atoms with Gasteiger partial charge in [-0.2, -0.15) is 0 Å². The van der Waals surface area contributed by atoms with Gasteiger partial charge in [0.2, 0.25) is 0 Å². The molecular weight excluding hydrogens is 249 g/mol. The molecule has 50 valence electrons. The molecule has 4 heteroatoms. The second-order valence-corrected chi connectivity index (χ2v) is 2.44. The predicted molar refractivity (Wildman–Crippen MR) is 49.4 cm³/mol. The molecule has 0 spiro atoms. The van der Waals surface area contributed by atoms with Crippen molar-refractivity contribution in [3.05, 3.63) is 21.1 Å². The van der Waals surface area contributed by atoms with Crippen LogP contribution in [0.15, 0.2) is 21.1 Å². The maximum absolute atomic E-state index is 10.2. The van der Waals surface area contributed by atoms with E-state index in [1.54, 1.807) is 10.2 Å². The fourth-order valence-electron chi connectivity index (χ4n) is 0.210. The number of rotatable bonds is 2. The van der Waals surface area contributed by atoms with Crippen LogP contribution >= 0.6 is 35.2 Å². The van der Waals surface area contributed by atoms with E-state index in [2.05, 4.69) is 12.6 Å². The third-order valence-electron chi connectivity index (χ3n) is 0.579. The van der Waals surface area contributed by atoms with E-state index in [1.165, 1.54) is 6.08 Å². The van der Waals surface area contributed by atoms with Gasteiger partial charge >= 0.3 is 0 Å². The second kappa shape index (κ2) is 4.87. The van der Waals surface area contributed by atoms with E-state index in [1.807, 2.05) is 22.6 Å². The first kappa shape index (κ1) is 9.03. The Kier molecular flexibility index (Phi) is 4.88. The van der Waals surface area contributed by atoms with E-state index >= 15 is 0 Å². The van der Waals surface area contributed by atoms with Gasteiger partial charge in [0.25, 0.3) is 5.91 Å². The van der Waals surface area contributed by atoms with E-state index in [4.69, 9.17) is 5.73 Å². The summed E-state index contributed by atoms with van der Waals surface area (Å²) < 4.78 is 1.76. The molecular formula is C5H6INOS. The first-order valence-electron chi connectivity index (χ1n) is 2.14. The molecule has 0 saturated heterocycles. The average Bonchev–Trinajstić information content (AvgIpc) is 1.82. The highest BCUT2D eigenvalue weighted by Gasteiger charge is 1.93. The minimum atomic E-state index is -0.507. The standard InChI is InChI=1S/C5H6INOS/c6-3-1-2-4(9)5(7)8/h1-3,9H,(H2,7,8)/b3-1-,4-2+. The average molecular weight is 255 g/mol. The van der Waals surface area contributed by atoms with Gasteiger partial charge in [0.1, 0.15) is 0 Å². The number of hydrogen-bond acceptors (Lipinski definition) is 2. The molecule has 0 aliphatic carbocycles. The molecule has 0 fully saturated rings. The van der Waals surface area contributed by atoms with Gasteiger partial charge < -0.3 is 5.73 Å². The Bertz CT molecular complexity index is 164. The van der Waals surface area contributed by atoms with Crippen LogP contribution in [0.5, 0.6) is 0 Å². The zero-order valence-electron chi connectivity index (χ0n) is 4.54. The minimum Gasteiger partial charge on any atom is -0.365 e. The highest BCUT2D eigenvalue weighted by molar-refractivity contribution is 14.1. The lowest BCUT2D eigenvalue weighted by molar-refractivity contribution is -0.113. The Morgan fingerprint density at radius 1 is 1.67 bits per heavy atom. The van der Waals surface area contributed by atoms with Crippen LogP contribution in [0.2, 0.25) is 0 Å². The monoisotopic (exact) mass is 255 g/mol. The molecule has 0 aromatic heterocycles. The largest absolute Gasteiger partial charge is 0.365 e. The molecule has 0 unspecified atom stereocenters. The van der Waals surface area contributed by atoms with Crippen molar-refractivity contribution < 1.29 is 4.79 Å². The Labute approximate surface area is 72.7 Å². The number of amides is 1. The Hall–Kier alpha value is 0.0300. The quantitative estimate of drug-likeness (QED) is 0.331. The van der Waals surface area contributed by atoms with E-state index < -0.39 is 5.91 Å². The summed E-state index contributed by atoms with van der Waals surface area (Å²) >= 11 is 5.82. The van der Waals surface area contributed by atoms with Crippen molar-refractivity contribution in [2.24, 2.45) is 5.73 Å². The van der Waals surface area contributed by atoms with Gasteiger partial charge in [-0.05, 0) is 10.2 Å². The summed E-state index contributed by atoms with van der Waals surface area (Å²) in [4.78, 5) is 10.5. The van der Waals surface area contributed by atoms with Crippen molar-refractivity contribution in [1.82, 2.24) is 0 Å². The van der Waals surface area contributed by atoms with Gasteiger partial charge in [0, 0.05) is 0 Å². The summed E-state index contributed by atoms with van der Waals surface area (Å²) in [7, 11) is 0. The van der Waals surface area contributed by atoms with E-state index in [0.29, 0.717) is 0 Å². The molecule has 0 aromatic carbocycles.